The molecular weight excluding hydrogens is 325 g/mol. The van der Waals surface area contributed by atoms with Crippen LogP contribution in [0.2, 0.25) is 0 Å². The summed E-state index contributed by atoms with van der Waals surface area (Å²) in [6.45, 7) is 2.28. The van der Waals surface area contributed by atoms with E-state index in [-0.39, 0.29) is 0 Å². The molecule has 4 heteroatoms. The molecule has 3 heterocycles. The summed E-state index contributed by atoms with van der Waals surface area (Å²) >= 11 is 2.31. The number of rotatable bonds is 1. The molecule has 2 fully saturated rings. The van der Waals surface area contributed by atoms with Crippen molar-refractivity contribution in [2.75, 3.05) is 25.0 Å². The number of nitrogens with zero attached hydrogens (tertiary/aromatic N) is 3. The number of piperazine rings is 1. The summed E-state index contributed by atoms with van der Waals surface area (Å²) in [6, 6.07) is 5.76. The van der Waals surface area contributed by atoms with E-state index in [9.17, 15) is 0 Å². The second-order valence-corrected chi connectivity index (χ2v) is 6.39. The SMILES string of the molecule is CN1C2CCCC1CN(c1ccc(I)cn1)C2. The van der Waals surface area contributed by atoms with Gasteiger partial charge in [-0.3, -0.25) is 4.90 Å². The average Bonchev–Trinajstić information content (AvgIpc) is 2.30. The first kappa shape index (κ1) is 11.7. The minimum Gasteiger partial charge on any atom is -0.353 e. The van der Waals surface area contributed by atoms with Crippen molar-refractivity contribution in [1.29, 1.82) is 0 Å². The lowest BCUT2D eigenvalue weighted by molar-refractivity contribution is 0.0947. The van der Waals surface area contributed by atoms with Gasteiger partial charge in [0.2, 0.25) is 0 Å². The Balaban J connectivity index is 1.79. The van der Waals surface area contributed by atoms with E-state index in [4.69, 9.17) is 0 Å². The first-order valence-electron chi connectivity index (χ1n) is 6.32. The number of halogens is 1. The van der Waals surface area contributed by atoms with Crippen molar-refractivity contribution < 1.29 is 0 Å². The standard InChI is InChI=1S/C13H18IN3/c1-16-11-3-2-4-12(16)9-17(8-11)13-6-5-10(14)7-15-13/h5-7,11-12H,2-4,8-9H2,1H3. The molecule has 2 atom stereocenters. The fraction of sp³-hybridized carbons (Fsp3) is 0.615. The molecule has 0 radical (unpaired) electrons. The largest absolute Gasteiger partial charge is 0.353 e. The Kier molecular flexibility index (Phi) is 3.25. The maximum atomic E-state index is 4.55. The van der Waals surface area contributed by atoms with E-state index in [2.05, 4.69) is 56.6 Å². The molecule has 3 rings (SSSR count). The zero-order chi connectivity index (χ0) is 11.8. The zero-order valence-electron chi connectivity index (χ0n) is 10.1. The molecule has 1 aromatic heterocycles. The number of aromatic nitrogens is 1. The van der Waals surface area contributed by atoms with E-state index in [1.54, 1.807) is 0 Å². The Bertz CT molecular complexity index is 378. The molecule has 0 saturated carbocycles. The van der Waals surface area contributed by atoms with Gasteiger partial charge in [0.05, 0.1) is 0 Å². The van der Waals surface area contributed by atoms with Crippen molar-refractivity contribution in [2.45, 2.75) is 31.3 Å². The molecule has 2 unspecified atom stereocenters. The lowest BCUT2D eigenvalue weighted by atomic mass is 9.92. The summed E-state index contributed by atoms with van der Waals surface area (Å²) in [5, 5.41) is 0. The third-order valence-corrected chi connectivity index (χ3v) is 4.76. The van der Waals surface area contributed by atoms with Crippen LogP contribution in [-0.2, 0) is 0 Å². The van der Waals surface area contributed by atoms with Crippen molar-refractivity contribution in [2.24, 2.45) is 0 Å². The van der Waals surface area contributed by atoms with E-state index >= 15 is 0 Å². The first-order chi connectivity index (χ1) is 8.24. The molecule has 0 amide bonds. The second kappa shape index (κ2) is 4.72. The molecule has 2 aliphatic heterocycles. The van der Waals surface area contributed by atoms with Crippen LogP contribution < -0.4 is 4.90 Å². The Hall–Kier alpha value is -0.360. The van der Waals surface area contributed by atoms with E-state index in [1.165, 1.54) is 22.8 Å². The number of piperidine rings is 1. The van der Waals surface area contributed by atoms with E-state index in [0.29, 0.717) is 0 Å². The van der Waals surface area contributed by atoms with Crippen LogP contribution in [0.15, 0.2) is 18.3 Å². The Labute approximate surface area is 116 Å². The molecule has 17 heavy (non-hydrogen) atoms. The summed E-state index contributed by atoms with van der Waals surface area (Å²) in [7, 11) is 2.28. The van der Waals surface area contributed by atoms with Crippen molar-refractivity contribution >= 4 is 28.4 Å². The molecule has 0 aliphatic carbocycles. The van der Waals surface area contributed by atoms with E-state index in [0.717, 1.165) is 31.0 Å². The van der Waals surface area contributed by atoms with Crippen molar-refractivity contribution in [1.82, 2.24) is 9.88 Å². The minimum atomic E-state index is 0.726. The van der Waals surface area contributed by atoms with Gasteiger partial charge in [0.25, 0.3) is 0 Å². The number of likely N-dealkylation sites (N-methyl/N-ethyl adjacent to an activating group) is 1. The highest BCUT2D eigenvalue weighted by molar-refractivity contribution is 14.1. The van der Waals surface area contributed by atoms with Gasteiger partial charge in [0.1, 0.15) is 5.82 Å². The summed E-state index contributed by atoms with van der Waals surface area (Å²) < 4.78 is 1.21. The quantitative estimate of drug-likeness (QED) is 0.730. The maximum Gasteiger partial charge on any atom is 0.128 e. The number of fused-ring (bicyclic) bond motifs is 2. The highest BCUT2D eigenvalue weighted by Crippen LogP contribution is 2.29. The Morgan fingerprint density at radius 1 is 1.24 bits per heavy atom. The molecule has 0 N–H and O–H groups in total. The van der Waals surface area contributed by atoms with Gasteiger partial charge in [-0.25, -0.2) is 4.98 Å². The van der Waals surface area contributed by atoms with E-state index < -0.39 is 0 Å². The van der Waals surface area contributed by atoms with Crippen LogP contribution in [0.25, 0.3) is 0 Å². The number of hydrogen-bond donors (Lipinski definition) is 0. The fourth-order valence-electron chi connectivity index (χ4n) is 3.06. The van der Waals surface area contributed by atoms with Crippen LogP contribution in [0, 0.1) is 3.57 Å². The van der Waals surface area contributed by atoms with Crippen LogP contribution in [0.4, 0.5) is 5.82 Å². The van der Waals surface area contributed by atoms with Gasteiger partial charge in [-0.15, -0.1) is 0 Å². The molecular formula is C13H18IN3. The molecule has 1 aromatic rings. The first-order valence-corrected chi connectivity index (χ1v) is 7.40. The molecule has 0 aromatic carbocycles. The van der Waals surface area contributed by atoms with Gasteiger partial charge in [-0.2, -0.15) is 0 Å². The fourth-order valence-corrected chi connectivity index (χ4v) is 3.38. The van der Waals surface area contributed by atoms with Crippen LogP contribution >= 0.6 is 22.6 Å². The molecule has 92 valence electrons. The summed E-state index contributed by atoms with van der Waals surface area (Å²) in [4.78, 5) is 9.59. The van der Waals surface area contributed by atoms with Crippen LogP contribution in [0.1, 0.15) is 19.3 Å². The minimum absolute atomic E-state index is 0.726. The monoisotopic (exact) mass is 343 g/mol. The van der Waals surface area contributed by atoms with Crippen LogP contribution in [-0.4, -0.2) is 42.1 Å². The predicted molar refractivity (Wildman–Crippen MR) is 78.4 cm³/mol. The molecule has 2 bridgehead atoms. The Morgan fingerprint density at radius 2 is 1.94 bits per heavy atom. The molecule has 3 nitrogen and oxygen atoms in total. The highest BCUT2D eigenvalue weighted by Gasteiger charge is 2.35. The normalized spacial score (nSPS) is 29.4. The van der Waals surface area contributed by atoms with E-state index in [1.807, 2.05) is 6.20 Å². The van der Waals surface area contributed by atoms with Crippen LogP contribution in [0.5, 0.6) is 0 Å². The number of anilines is 1. The number of hydrogen-bond acceptors (Lipinski definition) is 3. The number of pyridine rings is 1. The van der Waals surface area contributed by atoms with Crippen molar-refractivity contribution in [3.8, 4) is 0 Å². The lowest BCUT2D eigenvalue weighted by Gasteiger charge is -2.48. The molecule has 0 spiro atoms. The smallest absolute Gasteiger partial charge is 0.128 e. The maximum absolute atomic E-state index is 4.55. The zero-order valence-corrected chi connectivity index (χ0v) is 12.3. The highest BCUT2D eigenvalue weighted by atomic mass is 127. The van der Waals surface area contributed by atoms with Crippen LogP contribution in [0.3, 0.4) is 0 Å². The Morgan fingerprint density at radius 3 is 2.53 bits per heavy atom. The van der Waals surface area contributed by atoms with Gasteiger partial charge in [-0.05, 0) is 54.6 Å². The topological polar surface area (TPSA) is 19.4 Å². The predicted octanol–water partition coefficient (Wildman–Crippen LogP) is 2.36. The van der Waals surface area contributed by atoms with Crippen molar-refractivity contribution in [3.63, 3.8) is 0 Å². The van der Waals surface area contributed by atoms with Crippen molar-refractivity contribution in [3.05, 3.63) is 21.9 Å². The summed E-state index contributed by atoms with van der Waals surface area (Å²) in [6.07, 6.45) is 6.04. The second-order valence-electron chi connectivity index (χ2n) is 5.14. The van der Waals surface area contributed by atoms with Gasteiger partial charge < -0.3 is 4.90 Å². The van der Waals surface area contributed by atoms with Gasteiger partial charge in [0, 0.05) is 34.9 Å². The lowest BCUT2D eigenvalue weighted by Crippen LogP contribution is -2.59. The third-order valence-electron chi connectivity index (χ3n) is 4.12. The average molecular weight is 343 g/mol. The van der Waals surface area contributed by atoms with Gasteiger partial charge >= 0.3 is 0 Å². The van der Waals surface area contributed by atoms with Gasteiger partial charge in [0.15, 0.2) is 0 Å². The molecule has 2 saturated heterocycles. The van der Waals surface area contributed by atoms with Gasteiger partial charge in [-0.1, -0.05) is 6.42 Å². The molecule has 2 aliphatic rings. The third kappa shape index (κ3) is 2.29. The summed E-state index contributed by atoms with van der Waals surface area (Å²) in [5.41, 5.74) is 0. The summed E-state index contributed by atoms with van der Waals surface area (Å²) in [5.74, 6) is 1.15.